The molecule has 0 fully saturated rings. The van der Waals surface area contributed by atoms with E-state index in [4.69, 9.17) is 0 Å². The highest BCUT2D eigenvalue weighted by molar-refractivity contribution is 9.10. The first-order valence-electron chi connectivity index (χ1n) is 5.40. The molecular weight excluding hydrogens is 316 g/mol. The van der Waals surface area contributed by atoms with Crippen LogP contribution in [0.5, 0.6) is 0 Å². The Morgan fingerprint density at radius 3 is 2.60 bits per heavy atom. The van der Waals surface area contributed by atoms with Crippen LogP contribution in [-0.2, 0) is 6.42 Å². The van der Waals surface area contributed by atoms with Crippen LogP contribution in [0.15, 0.2) is 28.7 Å². The molecule has 0 spiro atoms. The van der Waals surface area contributed by atoms with Crippen molar-refractivity contribution in [2.45, 2.75) is 33.1 Å². The second-order valence-electron chi connectivity index (χ2n) is 4.50. The lowest BCUT2D eigenvalue weighted by Gasteiger charge is -2.27. The minimum Gasteiger partial charge on any atom is -0.0922 e. The van der Waals surface area contributed by atoms with E-state index in [-0.39, 0.29) is 0 Å². The van der Waals surface area contributed by atoms with Gasteiger partial charge in [-0.2, -0.15) is 0 Å². The third-order valence-electron chi connectivity index (χ3n) is 2.70. The van der Waals surface area contributed by atoms with Gasteiger partial charge in [0.15, 0.2) is 0 Å². The fourth-order valence-corrected chi connectivity index (χ4v) is 2.87. The molecule has 0 aliphatic carbocycles. The second kappa shape index (κ2) is 6.05. The molecule has 0 radical (unpaired) electrons. The number of halogens is 2. The summed E-state index contributed by atoms with van der Waals surface area (Å²) in [6.45, 7) is 4.61. The predicted octanol–water partition coefficient (Wildman–Crippen LogP) is 5.19. The summed E-state index contributed by atoms with van der Waals surface area (Å²) in [5.41, 5.74) is 1.80. The summed E-state index contributed by atoms with van der Waals surface area (Å²) in [7, 11) is 0. The van der Waals surface area contributed by atoms with Crippen molar-refractivity contribution in [2.75, 3.05) is 5.33 Å². The summed E-state index contributed by atoms with van der Waals surface area (Å²) in [5.74, 6) is 0. The van der Waals surface area contributed by atoms with Crippen molar-refractivity contribution in [3.63, 3.8) is 0 Å². The smallest absolute Gasteiger partial charge is 0.0177 e. The summed E-state index contributed by atoms with van der Waals surface area (Å²) in [5, 5.41) is 1.07. The van der Waals surface area contributed by atoms with Crippen LogP contribution in [0.25, 0.3) is 0 Å². The number of hydrogen-bond donors (Lipinski definition) is 0. The van der Waals surface area contributed by atoms with Crippen molar-refractivity contribution >= 4 is 31.9 Å². The van der Waals surface area contributed by atoms with Gasteiger partial charge in [0.1, 0.15) is 0 Å². The Hall–Kier alpha value is 0.180. The fraction of sp³-hybridized carbons (Fsp3) is 0.538. The first-order valence-corrected chi connectivity index (χ1v) is 7.31. The third-order valence-corrected chi connectivity index (χ3v) is 4.54. The largest absolute Gasteiger partial charge is 0.0922 e. The summed E-state index contributed by atoms with van der Waals surface area (Å²) in [4.78, 5) is 0. The highest BCUT2D eigenvalue weighted by Crippen LogP contribution is 2.30. The van der Waals surface area contributed by atoms with Crippen molar-refractivity contribution in [1.82, 2.24) is 0 Å². The average molecular weight is 334 g/mol. The number of hydrogen-bond acceptors (Lipinski definition) is 0. The molecule has 0 nitrogen and oxygen atoms in total. The van der Waals surface area contributed by atoms with E-state index in [0.29, 0.717) is 5.41 Å². The Balaban J connectivity index is 2.74. The van der Waals surface area contributed by atoms with Crippen LogP contribution in [0.1, 0.15) is 32.3 Å². The molecule has 0 aliphatic rings. The van der Waals surface area contributed by atoms with Gasteiger partial charge in [-0.1, -0.05) is 64.3 Å². The van der Waals surface area contributed by atoms with E-state index in [1.165, 1.54) is 22.9 Å². The molecule has 1 aromatic rings. The van der Waals surface area contributed by atoms with Crippen molar-refractivity contribution < 1.29 is 0 Å². The summed E-state index contributed by atoms with van der Waals surface area (Å²) < 4.78 is 1.17. The van der Waals surface area contributed by atoms with E-state index in [1.54, 1.807) is 0 Å². The van der Waals surface area contributed by atoms with Crippen LogP contribution in [0.3, 0.4) is 0 Å². The molecular formula is C13H18Br2. The molecule has 0 saturated carbocycles. The number of alkyl halides is 1. The van der Waals surface area contributed by atoms with Gasteiger partial charge in [0, 0.05) is 9.80 Å². The fourth-order valence-electron chi connectivity index (χ4n) is 1.95. The lowest BCUT2D eigenvalue weighted by atomic mass is 9.82. The van der Waals surface area contributed by atoms with Gasteiger partial charge in [0.25, 0.3) is 0 Å². The van der Waals surface area contributed by atoms with E-state index in [9.17, 15) is 0 Å². The van der Waals surface area contributed by atoms with Crippen molar-refractivity contribution in [3.05, 3.63) is 34.3 Å². The highest BCUT2D eigenvalue weighted by Gasteiger charge is 2.22. The van der Waals surface area contributed by atoms with Gasteiger partial charge in [-0.05, 0) is 36.0 Å². The minimum absolute atomic E-state index is 0.384. The van der Waals surface area contributed by atoms with Crippen LogP contribution in [0.4, 0.5) is 0 Å². The molecule has 0 bridgehead atoms. The van der Waals surface area contributed by atoms with Crippen molar-refractivity contribution in [1.29, 1.82) is 0 Å². The zero-order chi connectivity index (χ0) is 11.3. The molecule has 15 heavy (non-hydrogen) atoms. The second-order valence-corrected chi connectivity index (χ2v) is 5.98. The maximum absolute atomic E-state index is 3.64. The van der Waals surface area contributed by atoms with Crippen LogP contribution >= 0.6 is 31.9 Å². The van der Waals surface area contributed by atoms with Crippen LogP contribution in [0.2, 0.25) is 0 Å². The molecule has 0 N–H and O–H groups in total. The van der Waals surface area contributed by atoms with Crippen LogP contribution in [-0.4, -0.2) is 5.33 Å². The van der Waals surface area contributed by atoms with Gasteiger partial charge in [-0.25, -0.2) is 0 Å². The van der Waals surface area contributed by atoms with Gasteiger partial charge < -0.3 is 0 Å². The quantitative estimate of drug-likeness (QED) is 0.650. The van der Waals surface area contributed by atoms with E-state index in [1.807, 2.05) is 0 Å². The molecule has 0 heterocycles. The molecule has 1 rings (SSSR count). The minimum atomic E-state index is 0.384. The Morgan fingerprint density at radius 1 is 1.33 bits per heavy atom. The molecule has 1 atom stereocenters. The van der Waals surface area contributed by atoms with Gasteiger partial charge in [0.2, 0.25) is 0 Å². The molecule has 1 aromatic carbocycles. The average Bonchev–Trinajstić information content (AvgIpc) is 2.18. The van der Waals surface area contributed by atoms with E-state index in [0.717, 1.165) is 11.8 Å². The van der Waals surface area contributed by atoms with E-state index >= 15 is 0 Å². The molecule has 0 aromatic heterocycles. The SMILES string of the molecule is CCCC(C)(CBr)Cc1cccc(Br)c1. The Labute approximate surface area is 110 Å². The summed E-state index contributed by atoms with van der Waals surface area (Å²) >= 11 is 7.16. The zero-order valence-electron chi connectivity index (χ0n) is 9.39. The normalized spacial score (nSPS) is 14.9. The van der Waals surface area contributed by atoms with E-state index < -0.39 is 0 Å². The topological polar surface area (TPSA) is 0 Å². The molecule has 2 heteroatoms. The third kappa shape index (κ3) is 4.28. The Morgan fingerprint density at radius 2 is 2.07 bits per heavy atom. The molecule has 0 saturated heterocycles. The number of rotatable bonds is 5. The molecule has 0 aliphatic heterocycles. The maximum atomic E-state index is 3.64. The van der Waals surface area contributed by atoms with Crippen LogP contribution < -0.4 is 0 Å². The lowest BCUT2D eigenvalue weighted by Crippen LogP contribution is -2.21. The monoisotopic (exact) mass is 332 g/mol. The highest BCUT2D eigenvalue weighted by atomic mass is 79.9. The van der Waals surface area contributed by atoms with E-state index in [2.05, 4.69) is 70.0 Å². The summed E-state index contributed by atoms with van der Waals surface area (Å²) in [6, 6.07) is 8.62. The van der Waals surface area contributed by atoms with Gasteiger partial charge in [0.05, 0.1) is 0 Å². The Kier molecular flexibility index (Phi) is 5.34. The Bertz CT molecular complexity index is 309. The van der Waals surface area contributed by atoms with Gasteiger partial charge >= 0.3 is 0 Å². The predicted molar refractivity (Wildman–Crippen MR) is 74.7 cm³/mol. The molecule has 84 valence electrons. The molecule has 1 unspecified atom stereocenters. The van der Waals surface area contributed by atoms with Crippen molar-refractivity contribution in [2.24, 2.45) is 5.41 Å². The zero-order valence-corrected chi connectivity index (χ0v) is 12.6. The lowest BCUT2D eigenvalue weighted by molar-refractivity contribution is 0.340. The maximum Gasteiger partial charge on any atom is 0.0177 e. The van der Waals surface area contributed by atoms with Gasteiger partial charge in [-0.3, -0.25) is 0 Å². The molecule has 0 amide bonds. The summed E-state index contributed by atoms with van der Waals surface area (Å²) in [6.07, 6.45) is 3.66. The first-order chi connectivity index (χ1) is 7.09. The first kappa shape index (κ1) is 13.2. The van der Waals surface area contributed by atoms with Gasteiger partial charge in [-0.15, -0.1) is 0 Å². The standard InChI is InChI=1S/C13H18Br2/c1-3-7-13(2,10-14)9-11-5-4-6-12(15)8-11/h4-6,8H,3,7,9-10H2,1-2H3. The number of benzene rings is 1. The van der Waals surface area contributed by atoms with Crippen LogP contribution in [0, 0.1) is 5.41 Å². The van der Waals surface area contributed by atoms with Crippen molar-refractivity contribution in [3.8, 4) is 0 Å².